The number of hydrogen-bond donors (Lipinski definition) is 4. The Morgan fingerprint density at radius 2 is 2.00 bits per heavy atom. The quantitative estimate of drug-likeness (QED) is 0.357. The molecule has 3 aromatic rings. The topological polar surface area (TPSA) is 104 Å². The highest BCUT2D eigenvalue weighted by Crippen LogP contribution is 2.49. The van der Waals surface area contributed by atoms with E-state index in [1.165, 1.54) is 30.2 Å². The number of fused-ring (bicyclic) bond motifs is 2. The maximum absolute atomic E-state index is 13.6. The fourth-order valence-corrected chi connectivity index (χ4v) is 4.84. The Bertz CT molecular complexity index is 1350. The number of halogens is 1. The third-order valence-electron chi connectivity index (χ3n) is 7.45. The van der Waals surface area contributed by atoms with Crippen LogP contribution in [0.4, 0.5) is 27.7 Å². The van der Waals surface area contributed by atoms with E-state index >= 15 is 0 Å². The van der Waals surface area contributed by atoms with Crippen LogP contribution in [0.3, 0.4) is 0 Å². The van der Waals surface area contributed by atoms with Crippen LogP contribution in [-0.4, -0.2) is 40.1 Å². The van der Waals surface area contributed by atoms with E-state index in [9.17, 15) is 9.18 Å². The van der Waals surface area contributed by atoms with Gasteiger partial charge in [-0.15, -0.1) is 0 Å². The molecule has 9 heteroatoms. The minimum atomic E-state index is -0.719. The summed E-state index contributed by atoms with van der Waals surface area (Å²) in [6.07, 6.45) is 6.85. The highest BCUT2D eigenvalue weighted by atomic mass is 19.1. The van der Waals surface area contributed by atoms with Crippen LogP contribution >= 0.6 is 0 Å². The van der Waals surface area contributed by atoms with Crippen molar-refractivity contribution in [2.75, 3.05) is 23.9 Å². The Kier molecular flexibility index (Phi) is 5.82. The summed E-state index contributed by atoms with van der Waals surface area (Å²) < 4.78 is 13.6. The van der Waals surface area contributed by atoms with Crippen molar-refractivity contribution in [1.29, 1.82) is 0 Å². The van der Waals surface area contributed by atoms with E-state index in [2.05, 4.69) is 54.4 Å². The molecule has 1 spiro atoms. The van der Waals surface area contributed by atoms with E-state index in [-0.39, 0.29) is 17.5 Å². The van der Waals surface area contributed by atoms with Crippen molar-refractivity contribution in [2.45, 2.75) is 62.9 Å². The molecule has 3 aliphatic rings. The summed E-state index contributed by atoms with van der Waals surface area (Å²) in [5.74, 6) is 0.978. The summed E-state index contributed by atoms with van der Waals surface area (Å²) in [4.78, 5) is 26.6. The Hall–Kier alpha value is -3.59. The first kappa shape index (κ1) is 23.8. The molecular formula is C28H32FN7O. The Morgan fingerprint density at radius 1 is 1.16 bits per heavy atom. The summed E-state index contributed by atoms with van der Waals surface area (Å²) in [6.45, 7) is 4.06. The third-order valence-corrected chi connectivity index (χ3v) is 7.45. The fourth-order valence-electron chi connectivity index (χ4n) is 4.84. The van der Waals surface area contributed by atoms with Crippen LogP contribution in [0.5, 0.6) is 0 Å². The molecule has 0 unspecified atom stereocenters. The van der Waals surface area contributed by atoms with Crippen LogP contribution in [0.25, 0.3) is 0 Å². The molecule has 6 rings (SSSR count). The lowest BCUT2D eigenvalue weighted by atomic mass is 9.90. The average molecular weight is 502 g/mol. The van der Waals surface area contributed by atoms with Crippen LogP contribution < -0.4 is 21.3 Å². The van der Waals surface area contributed by atoms with Crippen LogP contribution in [0.2, 0.25) is 0 Å². The van der Waals surface area contributed by atoms with E-state index in [4.69, 9.17) is 0 Å². The maximum atomic E-state index is 13.6. The van der Waals surface area contributed by atoms with Crippen LogP contribution in [0, 0.1) is 0 Å². The molecule has 0 atom stereocenters. The molecule has 2 aromatic heterocycles. The number of nitrogens with one attached hydrogen (secondary N) is 4. The molecule has 0 saturated heterocycles. The van der Waals surface area contributed by atoms with Crippen molar-refractivity contribution in [3.63, 3.8) is 0 Å². The molecule has 192 valence electrons. The van der Waals surface area contributed by atoms with E-state index in [0.29, 0.717) is 28.8 Å². The first-order valence-electron chi connectivity index (χ1n) is 13.0. The number of rotatable bonds is 8. The number of benzene rings is 1. The van der Waals surface area contributed by atoms with Gasteiger partial charge in [-0.05, 0) is 67.5 Å². The minimum absolute atomic E-state index is 0.175. The number of carbonyl (C=O) groups is 1. The van der Waals surface area contributed by atoms with Crippen LogP contribution in [-0.2, 0) is 17.4 Å². The monoisotopic (exact) mass is 501 g/mol. The van der Waals surface area contributed by atoms with Crippen molar-refractivity contribution in [3.8, 4) is 0 Å². The molecule has 37 heavy (non-hydrogen) atoms. The van der Waals surface area contributed by atoms with Gasteiger partial charge in [-0.25, -0.2) is 9.97 Å². The summed E-state index contributed by atoms with van der Waals surface area (Å²) >= 11 is 0. The molecule has 1 aliphatic heterocycles. The number of alkyl halides is 1. The first-order valence-corrected chi connectivity index (χ1v) is 13.0. The second kappa shape index (κ2) is 9.06. The van der Waals surface area contributed by atoms with Gasteiger partial charge in [0, 0.05) is 35.4 Å². The van der Waals surface area contributed by atoms with Gasteiger partial charge in [0.25, 0.3) is 5.91 Å². The SMILES string of the molecule is CC(C)(CF)c1cccc(Nc2nc(Nc3ccc4c(c3)CCNC43CC3)ncc2C(=O)NC2CC2)n1. The van der Waals surface area contributed by atoms with Gasteiger partial charge in [0.2, 0.25) is 5.95 Å². The molecule has 0 radical (unpaired) electrons. The van der Waals surface area contributed by atoms with Crippen molar-refractivity contribution >= 4 is 29.2 Å². The standard InChI is InChI=1S/C28H32FN7O/c1-27(2,16-29)22-4-3-5-23(34-22)35-24-20(25(37)32-18-6-7-18)15-30-26(36-24)33-19-8-9-21-17(14-19)10-13-31-28(21)11-12-28/h3-5,8-9,14-15,18,31H,6-7,10-13,16H2,1-2H3,(H,32,37)(H2,30,33,34,35,36). The third kappa shape index (κ3) is 4.87. The van der Waals surface area contributed by atoms with Gasteiger partial charge in [-0.2, -0.15) is 4.98 Å². The molecule has 0 bridgehead atoms. The van der Waals surface area contributed by atoms with Crippen LogP contribution in [0.15, 0.2) is 42.6 Å². The molecule has 1 amide bonds. The van der Waals surface area contributed by atoms with Gasteiger partial charge in [0.1, 0.15) is 23.9 Å². The minimum Gasteiger partial charge on any atom is -0.349 e. The predicted molar refractivity (Wildman–Crippen MR) is 141 cm³/mol. The summed E-state index contributed by atoms with van der Waals surface area (Å²) in [7, 11) is 0. The molecule has 3 heterocycles. The normalized spacial score (nSPS) is 17.7. The molecule has 4 N–H and O–H groups in total. The lowest BCUT2D eigenvalue weighted by Gasteiger charge is -2.27. The zero-order valence-electron chi connectivity index (χ0n) is 21.2. The van der Waals surface area contributed by atoms with Gasteiger partial charge in [0.05, 0.1) is 5.69 Å². The Balaban J connectivity index is 1.29. The largest absolute Gasteiger partial charge is 0.349 e. The lowest BCUT2D eigenvalue weighted by Crippen LogP contribution is -2.36. The number of aromatic nitrogens is 3. The van der Waals surface area contributed by atoms with Crippen molar-refractivity contribution in [3.05, 3.63) is 65.0 Å². The van der Waals surface area contributed by atoms with Crippen LogP contribution in [0.1, 0.15) is 66.7 Å². The highest BCUT2D eigenvalue weighted by Gasteiger charge is 2.46. The van der Waals surface area contributed by atoms with Gasteiger partial charge in [-0.3, -0.25) is 9.18 Å². The lowest BCUT2D eigenvalue weighted by molar-refractivity contribution is 0.0951. The van der Waals surface area contributed by atoms with Gasteiger partial charge >= 0.3 is 0 Å². The molecule has 8 nitrogen and oxygen atoms in total. The molecule has 2 saturated carbocycles. The number of amides is 1. The Morgan fingerprint density at radius 3 is 2.76 bits per heavy atom. The van der Waals surface area contributed by atoms with Gasteiger partial charge < -0.3 is 21.3 Å². The van der Waals surface area contributed by atoms with E-state index < -0.39 is 12.1 Å². The Labute approximate surface area is 215 Å². The maximum Gasteiger partial charge on any atom is 0.256 e. The van der Waals surface area contributed by atoms with Crippen molar-refractivity contribution in [2.24, 2.45) is 0 Å². The second-order valence-electron chi connectivity index (χ2n) is 11.0. The molecule has 1 aromatic carbocycles. The molecular weight excluding hydrogens is 469 g/mol. The van der Waals surface area contributed by atoms with Crippen molar-refractivity contribution < 1.29 is 9.18 Å². The summed E-state index contributed by atoms with van der Waals surface area (Å²) in [5.41, 5.74) is 4.05. The fraction of sp³-hybridized carbons (Fsp3) is 0.429. The van der Waals surface area contributed by atoms with E-state index in [1.807, 2.05) is 6.07 Å². The smallest absolute Gasteiger partial charge is 0.256 e. The number of hydrogen-bond acceptors (Lipinski definition) is 7. The molecule has 2 fully saturated rings. The summed E-state index contributed by atoms with van der Waals surface area (Å²) in [6, 6.07) is 12.0. The average Bonchev–Trinajstić information content (AvgIpc) is 3.83. The molecule has 2 aliphatic carbocycles. The van der Waals surface area contributed by atoms with Gasteiger partial charge in [0.15, 0.2) is 0 Å². The van der Waals surface area contributed by atoms with Crippen molar-refractivity contribution in [1.82, 2.24) is 25.6 Å². The number of anilines is 4. The summed E-state index contributed by atoms with van der Waals surface area (Å²) in [5, 5.41) is 13.2. The number of nitrogens with zero attached hydrogens (tertiary/aromatic N) is 3. The first-order chi connectivity index (χ1) is 17.8. The van der Waals surface area contributed by atoms with Gasteiger partial charge in [-0.1, -0.05) is 26.0 Å². The van der Waals surface area contributed by atoms with E-state index in [1.54, 1.807) is 26.0 Å². The number of carbonyl (C=O) groups excluding carboxylic acids is 1. The van der Waals surface area contributed by atoms with E-state index in [0.717, 1.165) is 31.5 Å². The second-order valence-corrected chi connectivity index (χ2v) is 11.0. The zero-order chi connectivity index (χ0) is 25.6. The predicted octanol–water partition coefficient (Wildman–Crippen LogP) is 4.63. The highest BCUT2D eigenvalue weighted by molar-refractivity contribution is 5.99. The zero-order valence-corrected chi connectivity index (χ0v) is 21.2. The number of pyridine rings is 1.